The number of aryl methyl sites for hydroxylation is 1. The second-order valence-electron chi connectivity index (χ2n) is 7.47. The first kappa shape index (κ1) is 22.3. The van der Waals surface area contributed by atoms with Crippen LogP contribution < -0.4 is 10.6 Å². The van der Waals surface area contributed by atoms with E-state index in [9.17, 15) is 0 Å². The van der Waals surface area contributed by atoms with Crippen LogP contribution in [0.25, 0.3) is 0 Å². The molecule has 0 aliphatic rings. The molecule has 2 N–H and O–H groups in total. The molecule has 0 amide bonds. The van der Waals surface area contributed by atoms with Gasteiger partial charge < -0.3 is 10.6 Å². The third-order valence-corrected chi connectivity index (χ3v) is 5.64. The molecule has 164 valence electrons. The molecule has 2 aromatic heterocycles. The smallest absolute Gasteiger partial charge is 0.175 e. The van der Waals surface area contributed by atoms with Gasteiger partial charge in [0.15, 0.2) is 5.11 Å². The van der Waals surface area contributed by atoms with Crippen LogP contribution in [-0.2, 0) is 13.1 Å². The molecule has 4 rings (SSSR count). The van der Waals surface area contributed by atoms with Crippen molar-refractivity contribution in [2.45, 2.75) is 26.9 Å². The van der Waals surface area contributed by atoms with Crippen LogP contribution in [0.2, 0.25) is 10.0 Å². The third-order valence-electron chi connectivity index (χ3n) is 4.97. The summed E-state index contributed by atoms with van der Waals surface area (Å²) in [5, 5.41) is 17.4. The topological polar surface area (TPSA) is 59.7 Å². The highest BCUT2D eigenvalue weighted by molar-refractivity contribution is 7.80. The number of nitrogens with zero attached hydrogens (tertiary/aromatic N) is 4. The Kier molecular flexibility index (Phi) is 6.79. The predicted molar refractivity (Wildman–Crippen MR) is 135 cm³/mol. The van der Waals surface area contributed by atoms with Crippen molar-refractivity contribution in [1.82, 2.24) is 19.6 Å². The number of thiocarbonyl (C=S) groups is 1. The Hall–Kier alpha value is -2.87. The minimum atomic E-state index is 0.473. The summed E-state index contributed by atoms with van der Waals surface area (Å²) in [5.41, 5.74) is 5.70. The van der Waals surface area contributed by atoms with Crippen molar-refractivity contribution in [1.29, 1.82) is 0 Å². The zero-order chi connectivity index (χ0) is 22.7. The molecule has 0 unspecified atom stereocenters. The summed E-state index contributed by atoms with van der Waals surface area (Å²) < 4.78 is 3.77. The van der Waals surface area contributed by atoms with E-state index < -0.39 is 0 Å². The summed E-state index contributed by atoms with van der Waals surface area (Å²) in [7, 11) is 0. The molecule has 32 heavy (non-hydrogen) atoms. The maximum absolute atomic E-state index is 6.11. The summed E-state index contributed by atoms with van der Waals surface area (Å²) in [6.07, 6.45) is 3.64. The highest BCUT2D eigenvalue weighted by atomic mass is 35.5. The minimum Gasteiger partial charge on any atom is -0.330 e. The van der Waals surface area contributed by atoms with Gasteiger partial charge in [0, 0.05) is 16.2 Å². The van der Waals surface area contributed by atoms with Crippen molar-refractivity contribution in [2.75, 3.05) is 10.6 Å². The molecule has 0 saturated carbocycles. The van der Waals surface area contributed by atoms with Crippen molar-refractivity contribution >= 4 is 51.9 Å². The Morgan fingerprint density at radius 2 is 1.62 bits per heavy atom. The summed E-state index contributed by atoms with van der Waals surface area (Å²) in [4.78, 5) is 0. The van der Waals surface area contributed by atoms with E-state index in [0.29, 0.717) is 28.2 Å². The van der Waals surface area contributed by atoms with Gasteiger partial charge in [-0.2, -0.15) is 10.2 Å². The highest BCUT2D eigenvalue weighted by Crippen LogP contribution is 2.22. The first-order valence-electron chi connectivity index (χ1n) is 10.0. The van der Waals surface area contributed by atoms with Crippen LogP contribution in [0.3, 0.4) is 0 Å². The summed E-state index contributed by atoms with van der Waals surface area (Å²) >= 11 is 17.7. The number of nitrogens with one attached hydrogen (secondary N) is 2. The van der Waals surface area contributed by atoms with Crippen LogP contribution in [0.15, 0.2) is 60.9 Å². The standard InChI is InChI=1S/C23H22Cl2N6S/c1-15-22(16(2)31(29-15)13-18-6-4-8-20(25)10-18)28-23(32)27-21-11-26-30(14-21)12-17-5-3-7-19(24)9-17/h3-11,14H,12-13H2,1-2H3,(H2,27,28,32). The maximum Gasteiger partial charge on any atom is 0.175 e. The highest BCUT2D eigenvalue weighted by Gasteiger charge is 2.14. The molecule has 0 bridgehead atoms. The fourth-order valence-corrected chi connectivity index (χ4v) is 4.10. The second-order valence-corrected chi connectivity index (χ2v) is 8.75. The van der Waals surface area contributed by atoms with Crippen LogP contribution in [0.1, 0.15) is 22.5 Å². The molecule has 0 spiro atoms. The minimum absolute atomic E-state index is 0.473. The van der Waals surface area contributed by atoms with Gasteiger partial charge in [0.1, 0.15) is 0 Å². The quantitative estimate of drug-likeness (QED) is 0.333. The molecule has 0 aliphatic carbocycles. The van der Waals surface area contributed by atoms with Crippen LogP contribution in [0.5, 0.6) is 0 Å². The largest absolute Gasteiger partial charge is 0.330 e. The first-order valence-corrected chi connectivity index (χ1v) is 11.2. The van der Waals surface area contributed by atoms with Crippen molar-refractivity contribution in [3.05, 3.63) is 93.5 Å². The van der Waals surface area contributed by atoms with Gasteiger partial charge in [-0.15, -0.1) is 0 Å². The molecule has 4 aromatic rings. The van der Waals surface area contributed by atoms with E-state index in [2.05, 4.69) is 20.8 Å². The van der Waals surface area contributed by atoms with Gasteiger partial charge in [0.2, 0.25) is 0 Å². The Morgan fingerprint density at radius 1 is 0.969 bits per heavy atom. The van der Waals surface area contributed by atoms with E-state index in [4.69, 9.17) is 35.4 Å². The van der Waals surface area contributed by atoms with Gasteiger partial charge in [0.05, 0.1) is 42.0 Å². The summed E-state index contributed by atoms with van der Waals surface area (Å²) in [6, 6.07) is 15.5. The Morgan fingerprint density at radius 3 is 2.28 bits per heavy atom. The lowest BCUT2D eigenvalue weighted by Crippen LogP contribution is -2.19. The van der Waals surface area contributed by atoms with Crippen LogP contribution in [0, 0.1) is 13.8 Å². The lowest BCUT2D eigenvalue weighted by molar-refractivity contribution is 0.659. The SMILES string of the molecule is Cc1nn(Cc2cccc(Cl)c2)c(C)c1NC(=S)Nc1cnn(Cc2cccc(Cl)c2)c1. The van der Waals surface area contributed by atoms with Gasteiger partial charge in [-0.1, -0.05) is 47.5 Å². The molecule has 0 fully saturated rings. The van der Waals surface area contributed by atoms with Crippen molar-refractivity contribution in [3.63, 3.8) is 0 Å². The molecule has 6 nitrogen and oxygen atoms in total. The van der Waals surface area contributed by atoms with Gasteiger partial charge in [-0.3, -0.25) is 9.36 Å². The molecular weight excluding hydrogens is 463 g/mol. The van der Waals surface area contributed by atoms with E-state index in [0.717, 1.165) is 33.9 Å². The van der Waals surface area contributed by atoms with Crippen molar-refractivity contribution < 1.29 is 0 Å². The number of halogens is 2. The monoisotopic (exact) mass is 484 g/mol. The van der Waals surface area contributed by atoms with Crippen LogP contribution in [0.4, 0.5) is 11.4 Å². The maximum atomic E-state index is 6.11. The molecule has 0 radical (unpaired) electrons. The van der Waals surface area contributed by atoms with Gasteiger partial charge in [0.25, 0.3) is 0 Å². The number of aromatic nitrogens is 4. The fourth-order valence-electron chi connectivity index (χ4n) is 3.45. The molecule has 2 aromatic carbocycles. The Labute approximate surface area is 202 Å². The van der Waals surface area contributed by atoms with Crippen LogP contribution in [-0.4, -0.2) is 24.7 Å². The Balaban J connectivity index is 1.40. The average Bonchev–Trinajstić information content (AvgIpc) is 3.27. The van der Waals surface area contributed by atoms with Gasteiger partial charge >= 0.3 is 0 Å². The van der Waals surface area contributed by atoms with E-state index >= 15 is 0 Å². The summed E-state index contributed by atoms with van der Waals surface area (Å²) in [5.74, 6) is 0. The normalized spacial score (nSPS) is 10.9. The van der Waals surface area contributed by atoms with Crippen molar-refractivity contribution in [3.8, 4) is 0 Å². The number of rotatable bonds is 6. The number of hydrogen-bond acceptors (Lipinski definition) is 3. The first-order chi connectivity index (χ1) is 15.4. The molecule has 9 heteroatoms. The molecular formula is C23H22Cl2N6S. The van der Waals surface area contributed by atoms with Crippen molar-refractivity contribution in [2.24, 2.45) is 0 Å². The number of benzene rings is 2. The molecule has 0 atom stereocenters. The zero-order valence-corrected chi connectivity index (χ0v) is 20.0. The lowest BCUT2D eigenvalue weighted by atomic mass is 10.2. The number of hydrogen-bond donors (Lipinski definition) is 2. The predicted octanol–water partition coefficient (Wildman–Crippen LogP) is 5.91. The molecule has 0 saturated heterocycles. The average molecular weight is 485 g/mol. The van der Waals surface area contributed by atoms with E-state index in [1.165, 1.54) is 0 Å². The summed E-state index contributed by atoms with van der Waals surface area (Å²) in [6.45, 7) is 5.22. The number of anilines is 2. The second kappa shape index (κ2) is 9.73. The van der Waals surface area contributed by atoms with Gasteiger partial charge in [-0.05, 0) is 61.5 Å². The fraction of sp³-hybridized carbons (Fsp3) is 0.174. The molecule has 0 aliphatic heterocycles. The third kappa shape index (κ3) is 5.48. The van der Waals surface area contributed by atoms with E-state index in [1.54, 1.807) is 6.20 Å². The molecule has 2 heterocycles. The zero-order valence-electron chi connectivity index (χ0n) is 17.6. The Bertz CT molecular complexity index is 1260. The van der Waals surface area contributed by atoms with E-state index in [1.807, 2.05) is 77.9 Å². The van der Waals surface area contributed by atoms with E-state index in [-0.39, 0.29) is 0 Å². The lowest BCUT2D eigenvalue weighted by Gasteiger charge is -2.10. The van der Waals surface area contributed by atoms with Gasteiger partial charge in [-0.25, -0.2) is 0 Å². The van der Waals surface area contributed by atoms with Crippen LogP contribution >= 0.6 is 35.4 Å².